The van der Waals surface area contributed by atoms with Crippen LogP contribution in [0.5, 0.6) is 11.5 Å². The summed E-state index contributed by atoms with van der Waals surface area (Å²) in [6.45, 7) is 0.613. The first-order valence-electron chi connectivity index (χ1n) is 5.99. The van der Waals surface area contributed by atoms with Gasteiger partial charge in [-0.2, -0.15) is 0 Å². The first kappa shape index (κ1) is 13.3. The molecule has 0 radical (unpaired) electrons. The highest BCUT2D eigenvalue weighted by Gasteiger charge is 2.08. The maximum absolute atomic E-state index is 5.45. The zero-order chi connectivity index (χ0) is 13.7. The van der Waals surface area contributed by atoms with E-state index in [0.29, 0.717) is 23.9 Å². The molecule has 2 rings (SSSR count). The van der Waals surface area contributed by atoms with E-state index >= 15 is 0 Å². The van der Waals surface area contributed by atoms with E-state index in [2.05, 4.69) is 15.4 Å². The van der Waals surface area contributed by atoms with Gasteiger partial charge in [0.2, 0.25) is 0 Å². The second-order valence-corrected chi connectivity index (χ2v) is 3.96. The molecule has 7 nitrogen and oxygen atoms in total. The summed E-state index contributed by atoms with van der Waals surface area (Å²) in [6.07, 6.45) is 1.56. The Morgan fingerprint density at radius 3 is 2.42 bits per heavy atom. The molecule has 19 heavy (non-hydrogen) atoms. The Balaban J connectivity index is 2.27. The Bertz CT molecular complexity index is 518. The first-order chi connectivity index (χ1) is 9.26. The molecule has 1 heterocycles. The lowest BCUT2D eigenvalue weighted by Gasteiger charge is -2.06. The van der Waals surface area contributed by atoms with E-state index < -0.39 is 0 Å². The lowest BCUT2D eigenvalue weighted by molar-refractivity contribution is 0.393. The van der Waals surface area contributed by atoms with Crippen LogP contribution in [-0.2, 0) is 6.42 Å². The van der Waals surface area contributed by atoms with Crippen molar-refractivity contribution >= 4 is 0 Å². The Morgan fingerprint density at radius 2 is 1.84 bits per heavy atom. The Hall–Kier alpha value is -2.15. The number of rotatable bonds is 6. The minimum absolute atomic E-state index is 0.613. The number of nitrogens with two attached hydrogens (primary N) is 1. The zero-order valence-electron chi connectivity index (χ0n) is 11.0. The van der Waals surface area contributed by atoms with E-state index in [1.54, 1.807) is 20.3 Å². The fraction of sp³-hybridized carbons (Fsp3) is 0.417. The molecule has 0 spiro atoms. The summed E-state index contributed by atoms with van der Waals surface area (Å²) in [7, 11) is 3.19. The van der Waals surface area contributed by atoms with Crippen molar-refractivity contribution in [2.24, 2.45) is 5.73 Å². The number of hydrogen-bond acceptors (Lipinski definition) is 6. The van der Waals surface area contributed by atoms with Gasteiger partial charge in [0.05, 0.1) is 19.9 Å². The summed E-state index contributed by atoms with van der Waals surface area (Å²) in [5.41, 5.74) is 6.19. The summed E-state index contributed by atoms with van der Waals surface area (Å²) in [5.74, 6) is 2.03. The second kappa shape index (κ2) is 6.14. The van der Waals surface area contributed by atoms with Crippen molar-refractivity contribution in [2.45, 2.75) is 12.8 Å². The monoisotopic (exact) mass is 263 g/mol. The lowest BCUT2D eigenvalue weighted by atomic mass is 10.3. The number of ether oxygens (including phenoxy) is 2. The van der Waals surface area contributed by atoms with E-state index in [4.69, 9.17) is 15.2 Å². The van der Waals surface area contributed by atoms with Crippen LogP contribution in [0.3, 0.4) is 0 Å². The summed E-state index contributed by atoms with van der Waals surface area (Å²) < 4.78 is 10.4. The minimum Gasteiger partial charge on any atom is -0.497 e. The van der Waals surface area contributed by atoms with Crippen LogP contribution in [0.25, 0.3) is 5.69 Å². The van der Waals surface area contributed by atoms with Crippen LogP contribution in [0.4, 0.5) is 0 Å². The van der Waals surface area contributed by atoms with E-state index in [1.165, 1.54) is 4.80 Å². The first-order valence-corrected chi connectivity index (χ1v) is 5.99. The Labute approximate surface area is 111 Å². The van der Waals surface area contributed by atoms with Gasteiger partial charge in [-0.25, -0.2) is 0 Å². The summed E-state index contributed by atoms with van der Waals surface area (Å²) in [4.78, 5) is 1.46. The summed E-state index contributed by atoms with van der Waals surface area (Å²) in [5, 5.41) is 12.3. The number of nitrogens with zero attached hydrogens (tertiary/aromatic N) is 4. The molecule has 1 aromatic carbocycles. The summed E-state index contributed by atoms with van der Waals surface area (Å²) in [6, 6.07) is 5.42. The highest BCUT2D eigenvalue weighted by molar-refractivity contribution is 5.45. The molecule has 0 aliphatic carbocycles. The predicted octanol–water partition coefficient (Wildman–Crippen LogP) is 0.571. The van der Waals surface area contributed by atoms with Gasteiger partial charge >= 0.3 is 0 Å². The topological polar surface area (TPSA) is 88.1 Å². The van der Waals surface area contributed by atoms with Crippen LogP contribution >= 0.6 is 0 Å². The molecular weight excluding hydrogens is 246 g/mol. The smallest absolute Gasteiger partial charge is 0.175 e. The van der Waals surface area contributed by atoms with Crippen LogP contribution in [0.2, 0.25) is 0 Å². The average molecular weight is 263 g/mol. The number of hydrogen-bond donors (Lipinski definition) is 1. The van der Waals surface area contributed by atoms with E-state index in [1.807, 2.05) is 12.1 Å². The van der Waals surface area contributed by atoms with Crippen molar-refractivity contribution in [1.29, 1.82) is 0 Å². The van der Waals surface area contributed by atoms with Crippen LogP contribution in [-0.4, -0.2) is 41.0 Å². The quantitative estimate of drug-likeness (QED) is 0.819. The molecule has 0 amide bonds. The van der Waals surface area contributed by atoms with Gasteiger partial charge < -0.3 is 15.2 Å². The summed E-state index contributed by atoms with van der Waals surface area (Å²) >= 11 is 0. The maximum atomic E-state index is 5.45. The average Bonchev–Trinajstić information content (AvgIpc) is 2.93. The molecule has 2 N–H and O–H groups in total. The van der Waals surface area contributed by atoms with Gasteiger partial charge in [-0.05, 0) is 18.2 Å². The van der Waals surface area contributed by atoms with Crippen LogP contribution in [0.15, 0.2) is 18.2 Å². The number of methoxy groups -OCH3 is 2. The van der Waals surface area contributed by atoms with Crippen LogP contribution in [0.1, 0.15) is 12.2 Å². The van der Waals surface area contributed by atoms with Crippen molar-refractivity contribution < 1.29 is 9.47 Å². The van der Waals surface area contributed by atoms with E-state index in [9.17, 15) is 0 Å². The van der Waals surface area contributed by atoms with Crippen molar-refractivity contribution in [3.8, 4) is 17.2 Å². The minimum atomic E-state index is 0.613. The third-order valence-electron chi connectivity index (χ3n) is 2.63. The highest BCUT2D eigenvalue weighted by Crippen LogP contribution is 2.23. The van der Waals surface area contributed by atoms with Gasteiger partial charge in [0.1, 0.15) is 11.5 Å². The number of benzene rings is 1. The van der Waals surface area contributed by atoms with Gasteiger partial charge in [-0.3, -0.25) is 0 Å². The normalized spacial score (nSPS) is 10.5. The van der Waals surface area contributed by atoms with Gasteiger partial charge in [-0.15, -0.1) is 15.0 Å². The van der Waals surface area contributed by atoms with Gasteiger partial charge in [-0.1, -0.05) is 0 Å². The van der Waals surface area contributed by atoms with Crippen molar-refractivity contribution in [2.75, 3.05) is 20.8 Å². The zero-order valence-corrected chi connectivity index (χ0v) is 11.0. The molecule has 1 aromatic heterocycles. The predicted molar refractivity (Wildman–Crippen MR) is 69.6 cm³/mol. The van der Waals surface area contributed by atoms with E-state index in [0.717, 1.165) is 18.5 Å². The fourth-order valence-corrected chi connectivity index (χ4v) is 1.62. The van der Waals surface area contributed by atoms with Gasteiger partial charge in [0.15, 0.2) is 5.82 Å². The van der Waals surface area contributed by atoms with Gasteiger partial charge in [0, 0.05) is 24.6 Å². The Morgan fingerprint density at radius 1 is 1.16 bits per heavy atom. The maximum Gasteiger partial charge on any atom is 0.175 e. The number of tetrazole rings is 1. The van der Waals surface area contributed by atoms with Gasteiger partial charge in [0.25, 0.3) is 0 Å². The second-order valence-electron chi connectivity index (χ2n) is 3.96. The molecule has 0 fully saturated rings. The molecule has 102 valence electrons. The molecule has 0 atom stereocenters. The molecule has 0 unspecified atom stereocenters. The molecule has 0 aliphatic rings. The third-order valence-corrected chi connectivity index (χ3v) is 2.63. The molecule has 0 saturated carbocycles. The molecule has 0 bridgehead atoms. The van der Waals surface area contributed by atoms with Crippen molar-refractivity contribution in [1.82, 2.24) is 20.2 Å². The van der Waals surface area contributed by atoms with Crippen LogP contribution in [0, 0.1) is 0 Å². The van der Waals surface area contributed by atoms with Crippen molar-refractivity contribution in [3.05, 3.63) is 24.0 Å². The van der Waals surface area contributed by atoms with Crippen molar-refractivity contribution in [3.63, 3.8) is 0 Å². The standard InChI is InChI=1S/C12H17N5O2/c1-18-10-6-9(7-11(8-10)19-2)17-15-12(14-16-17)4-3-5-13/h6-8H,3-5,13H2,1-2H3. The largest absolute Gasteiger partial charge is 0.497 e. The molecule has 0 saturated heterocycles. The van der Waals surface area contributed by atoms with E-state index in [-0.39, 0.29) is 0 Å². The highest BCUT2D eigenvalue weighted by atomic mass is 16.5. The number of aromatic nitrogens is 4. The molecule has 7 heteroatoms. The lowest BCUT2D eigenvalue weighted by Crippen LogP contribution is -2.03. The molecule has 2 aromatic rings. The molecular formula is C12H17N5O2. The SMILES string of the molecule is COc1cc(OC)cc(-n2nnc(CCCN)n2)c1. The Kier molecular flexibility index (Phi) is 4.30. The molecule has 0 aliphatic heterocycles. The van der Waals surface area contributed by atoms with Crippen LogP contribution < -0.4 is 15.2 Å². The third kappa shape index (κ3) is 3.19. The number of aryl methyl sites for hydroxylation is 1. The fourth-order valence-electron chi connectivity index (χ4n) is 1.62.